The average molecular weight is 199 g/mol. The van der Waals surface area contributed by atoms with Crippen LogP contribution in [0.2, 0.25) is 5.02 Å². The molecule has 0 radical (unpaired) electrons. The SMILES string of the molecule is CON=C1COc2cncc(Cl)c21. The van der Waals surface area contributed by atoms with Gasteiger partial charge in [0.15, 0.2) is 0 Å². The monoisotopic (exact) mass is 198 g/mol. The highest BCUT2D eigenvalue weighted by atomic mass is 35.5. The number of halogens is 1. The summed E-state index contributed by atoms with van der Waals surface area (Å²) < 4.78 is 5.29. The van der Waals surface area contributed by atoms with Crippen molar-refractivity contribution < 1.29 is 9.57 Å². The minimum atomic E-state index is 0.384. The van der Waals surface area contributed by atoms with Gasteiger partial charge in [-0.1, -0.05) is 16.8 Å². The lowest BCUT2D eigenvalue weighted by Gasteiger charge is -1.97. The van der Waals surface area contributed by atoms with Gasteiger partial charge in [0.05, 0.1) is 16.8 Å². The zero-order valence-corrected chi connectivity index (χ0v) is 7.71. The molecule has 0 atom stereocenters. The maximum Gasteiger partial charge on any atom is 0.149 e. The predicted octanol–water partition coefficient (Wildman–Crippen LogP) is 1.48. The average Bonchev–Trinajstić information content (AvgIpc) is 2.51. The van der Waals surface area contributed by atoms with Crippen LogP contribution in [0.1, 0.15) is 5.56 Å². The Morgan fingerprint density at radius 2 is 2.46 bits per heavy atom. The molecule has 0 unspecified atom stereocenters. The molecule has 4 nitrogen and oxygen atoms in total. The molecule has 0 aliphatic carbocycles. The van der Waals surface area contributed by atoms with Crippen LogP contribution in [0.5, 0.6) is 5.75 Å². The summed E-state index contributed by atoms with van der Waals surface area (Å²) in [7, 11) is 1.49. The highest BCUT2D eigenvalue weighted by Gasteiger charge is 2.23. The van der Waals surface area contributed by atoms with Crippen molar-refractivity contribution in [1.82, 2.24) is 4.98 Å². The number of nitrogens with zero attached hydrogens (tertiary/aromatic N) is 2. The molecule has 0 spiro atoms. The van der Waals surface area contributed by atoms with Gasteiger partial charge in [0.1, 0.15) is 25.2 Å². The molecular weight excluding hydrogens is 192 g/mol. The molecule has 0 N–H and O–H groups in total. The second-order valence-electron chi connectivity index (χ2n) is 2.50. The lowest BCUT2D eigenvalue weighted by Crippen LogP contribution is -2.03. The van der Waals surface area contributed by atoms with Crippen LogP contribution in [0.3, 0.4) is 0 Å². The Kier molecular flexibility index (Phi) is 2.06. The number of ether oxygens (including phenoxy) is 1. The van der Waals surface area contributed by atoms with Gasteiger partial charge in [-0.2, -0.15) is 0 Å². The van der Waals surface area contributed by atoms with Crippen molar-refractivity contribution in [2.75, 3.05) is 13.7 Å². The van der Waals surface area contributed by atoms with Gasteiger partial charge in [-0.15, -0.1) is 0 Å². The van der Waals surface area contributed by atoms with Gasteiger partial charge in [0.2, 0.25) is 0 Å². The van der Waals surface area contributed by atoms with Gasteiger partial charge in [-0.05, 0) is 0 Å². The smallest absolute Gasteiger partial charge is 0.149 e. The highest BCUT2D eigenvalue weighted by molar-refractivity contribution is 6.35. The lowest BCUT2D eigenvalue weighted by atomic mass is 10.2. The van der Waals surface area contributed by atoms with Crippen LogP contribution < -0.4 is 4.74 Å². The Bertz CT molecular complexity index is 365. The minimum absolute atomic E-state index is 0.384. The molecule has 0 bridgehead atoms. The molecule has 1 aromatic heterocycles. The highest BCUT2D eigenvalue weighted by Crippen LogP contribution is 2.30. The van der Waals surface area contributed by atoms with Crippen molar-refractivity contribution >= 4 is 17.3 Å². The number of hydrogen-bond acceptors (Lipinski definition) is 4. The normalized spacial score (nSPS) is 16.9. The molecule has 2 heterocycles. The van der Waals surface area contributed by atoms with Gasteiger partial charge in [0.25, 0.3) is 0 Å². The molecule has 13 heavy (non-hydrogen) atoms. The first-order valence-electron chi connectivity index (χ1n) is 3.69. The standard InChI is InChI=1S/C8H7ClN2O2/c1-12-11-6-4-13-7-3-10-2-5(9)8(6)7/h2-3H,4H2,1H3. The Morgan fingerprint density at radius 3 is 3.23 bits per heavy atom. The fourth-order valence-corrected chi connectivity index (χ4v) is 1.47. The van der Waals surface area contributed by atoms with Crippen molar-refractivity contribution in [3.63, 3.8) is 0 Å². The molecule has 1 aliphatic rings. The van der Waals surface area contributed by atoms with E-state index in [9.17, 15) is 0 Å². The minimum Gasteiger partial charge on any atom is -0.485 e. The zero-order chi connectivity index (χ0) is 9.26. The number of hydrogen-bond donors (Lipinski definition) is 0. The molecular formula is C8H7ClN2O2. The molecule has 2 rings (SSSR count). The van der Waals surface area contributed by atoms with Crippen molar-refractivity contribution in [3.8, 4) is 5.75 Å². The van der Waals surface area contributed by atoms with Crippen molar-refractivity contribution in [2.45, 2.75) is 0 Å². The van der Waals surface area contributed by atoms with E-state index in [0.717, 1.165) is 5.56 Å². The van der Waals surface area contributed by atoms with E-state index in [-0.39, 0.29) is 0 Å². The van der Waals surface area contributed by atoms with E-state index in [0.29, 0.717) is 23.1 Å². The second kappa shape index (κ2) is 3.22. The summed E-state index contributed by atoms with van der Waals surface area (Å²) in [5.41, 5.74) is 1.48. The van der Waals surface area contributed by atoms with E-state index < -0.39 is 0 Å². The maximum absolute atomic E-state index is 5.92. The molecule has 0 saturated carbocycles. The molecule has 0 amide bonds. The topological polar surface area (TPSA) is 43.7 Å². The van der Waals surface area contributed by atoms with Crippen LogP contribution >= 0.6 is 11.6 Å². The lowest BCUT2D eigenvalue weighted by molar-refractivity contribution is 0.211. The first-order valence-corrected chi connectivity index (χ1v) is 4.07. The van der Waals surface area contributed by atoms with Crippen LogP contribution in [-0.2, 0) is 4.84 Å². The fourth-order valence-electron chi connectivity index (χ4n) is 1.21. The van der Waals surface area contributed by atoms with Crippen LogP contribution in [0.15, 0.2) is 17.5 Å². The van der Waals surface area contributed by atoms with Gasteiger partial charge in [-0.3, -0.25) is 4.98 Å². The third kappa shape index (κ3) is 1.33. The molecule has 0 fully saturated rings. The van der Waals surface area contributed by atoms with Crippen LogP contribution in [-0.4, -0.2) is 24.4 Å². The Labute approximate surface area is 80.1 Å². The summed E-state index contributed by atoms with van der Waals surface area (Å²) in [6.45, 7) is 0.384. The van der Waals surface area contributed by atoms with E-state index in [2.05, 4.69) is 15.0 Å². The number of rotatable bonds is 1. The number of pyridine rings is 1. The number of aromatic nitrogens is 1. The zero-order valence-electron chi connectivity index (χ0n) is 6.95. The van der Waals surface area contributed by atoms with Crippen molar-refractivity contribution in [1.29, 1.82) is 0 Å². The van der Waals surface area contributed by atoms with Crippen molar-refractivity contribution in [2.24, 2.45) is 5.16 Å². The summed E-state index contributed by atoms with van der Waals surface area (Å²) in [6, 6.07) is 0. The first kappa shape index (κ1) is 8.31. The molecule has 0 saturated heterocycles. The Morgan fingerprint density at radius 1 is 1.62 bits per heavy atom. The third-order valence-corrected chi connectivity index (χ3v) is 2.01. The maximum atomic E-state index is 5.92. The van der Waals surface area contributed by atoms with E-state index in [1.54, 1.807) is 12.4 Å². The third-order valence-electron chi connectivity index (χ3n) is 1.72. The largest absolute Gasteiger partial charge is 0.485 e. The molecule has 1 aromatic rings. The Balaban J connectivity index is 2.52. The summed E-state index contributed by atoms with van der Waals surface area (Å²) >= 11 is 5.92. The van der Waals surface area contributed by atoms with Gasteiger partial charge in [0, 0.05) is 6.20 Å². The summed E-state index contributed by atoms with van der Waals surface area (Å²) in [4.78, 5) is 8.56. The quantitative estimate of drug-likeness (QED) is 0.642. The van der Waals surface area contributed by atoms with Crippen LogP contribution in [0.4, 0.5) is 0 Å². The van der Waals surface area contributed by atoms with Crippen LogP contribution in [0.25, 0.3) is 0 Å². The second-order valence-corrected chi connectivity index (χ2v) is 2.91. The number of oxime groups is 1. The summed E-state index contributed by atoms with van der Waals surface area (Å²) in [6.07, 6.45) is 3.17. The van der Waals surface area contributed by atoms with E-state index >= 15 is 0 Å². The molecule has 0 aromatic carbocycles. The van der Waals surface area contributed by atoms with Crippen molar-refractivity contribution in [3.05, 3.63) is 23.0 Å². The Hall–Kier alpha value is -1.29. The molecule has 68 valence electrons. The van der Waals surface area contributed by atoms with E-state index in [1.807, 2.05) is 0 Å². The fraction of sp³-hybridized carbons (Fsp3) is 0.250. The summed E-state index contributed by atoms with van der Waals surface area (Å²) in [5.74, 6) is 0.656. The predicted molar refractivity (Wildman–Crippen MR) is 48.3 cm³/mol. The molecule has 5 heteroatoms. The van der Waals surface area contributed by atoms with Gasteiger partial charge < -0.3 is 9.57 Å². The van der Waals surface area contributed by atoms with Gasteiger partial charge in [-0.25, -0.2) is 0 Å². The van der Waals surface area contributed by atoms with E-state index in [4.69, 9.17) is 16.3 Å². The van der Waals surface area contributed by atoms with Crippen LogP contribution in [0, 0.1) is 0 Å². The summed E-state index contributed by atoms with van der Waals surface area (Å²) in [5, 5.41) is 4.34. The number of fused-ring (bicyclic) bond motifs is 1. The molecule has 1 aliphatic heterocycles. The van der Waals surface area contributed by atoms with Gasteiger partial charge >= 0.3 is 0 Å². The first-order chi connectivity index (χ1) is 6.33. The van der Waals surface area contributed by atoms with E-state index in [1.165, 1.54) is 7.11 Å².